The summed E-state index contributed by atoms with van der Waals surface area (Å²) < 4.78 is 16.2. The Kier molecular flexibility index (Phi) is 7.74. The van der Waals surface area contributed by atoms with Crippen molar-refractivity contribution in [1.82, 2.24) is 25.5 Å². The van der Waals surface area contributed by atoms with E-state index in [0.717, 1.165) is 37.1 Å². The topological polar surface area (TPSA) is 118 Å². The monoisotopic (exact) mass is 533 g/mol. The van der Waals surface area contributed by atoms with Gasteiger partial charge < -0.3 is 34.7 Å². The van der Waals surface area contributed by atoms with Crippen LogP contribution in [0, 0.1) is 0 Å². The highest BCUT2D eigenvalue weighted by Gasteiger charge is 2.43. The summed E-state index contributed by atoms with van der Waals surface area (Å²) in [7, 11) is 4.50. The zero-order valence-electron chi connectivity index (χ0n) is 22.6. The van der Waals surface area contributed by atoms with Gasteiger partial charge in [0.25, 0.3) is 5.91 Å². The molecular formula is C29H35N5O5. The van der Waals surface area contributed by atoms with Crippen LogP contribution in [0.15, 0.2) is 48.8 Å². The number of imidazole rings is 1. The van der Waals surface area contributed by atoms with E-state index < -0.39 is 11.9 Å². The number of carbonyl (C=O) groups is 2. The summed E-state index contributed by atoms with van der Waals surface area (Å²) in [5, 5.41) is 6.65. The van der Waals surface area contributed by atoms with E-state index in [9.17, 15) is 9.59 Å². The highest BCUT2D eigenvalue weighted by atomic mass is 16.5. The van der Waals surface area contributed by atoms with Crippen LogP contribution in [-0.2, 0) is 23.2 Å². The summed E-state index contributed by atoms with van der Waals surface area (Å²) in [6.45, 7) is 2.03. The number of nitrogens with one attached hydrogen (secondary N) is 3. The maximum absolute atomic E-state index is 13.9. The fourth-order valence-electron chi connectivity index (χ4n) is 5.68. The molecule has 0 radical (unpaired) electrons. The molecule has 206 valence electrons. The Morgan fingerprint density at radius 2 is 1.74 bits per heavy atom. The molecule has 5 rings (SSSR count). The third-order valence-electron chi connectivity index (χ3n) is 7.75. The highest BCUT2D eigenvalue weighted by Crippen LogP contribution is 2.38. The van der Waals surface area contributed by atoms with Crippen molar-refractivity contribution in [3.05, 3.63) is 71.3 Å². The molecule has 2 amide bonds. The number of H-pyrrole nitrogens is 1. The van der Waals surface area contributed by atoms with E-state index in [0.29, 0.717) is 42.3 Å². The maximum Gasteiger partial charge on any atom is 0.252 e. The fraction of sp³-hybridized carbons (Fsp3) is 0.414. The summed E-state index contributed by atoms with van der Waals surface area (Å²) in [4.78, 5) is 37.1. The molecule has 0 bridgehead atoms. The Hall–Kier alpha value is -4.05. The Balaban J connectivity index is 1.36. The van der Waals surface area contributed by atoms with Gasteiger partial charge in [-0.3, -0.25) is 9.59 Å². The predicted molar refractivity (Wildman–Crippen MR) is 145 cm³/mol. The van der Waals surface area contributed by atoms with E-state index in [1.54, 1.807) is 18.5 Å². The molecule has 10 nitrogen and oxygen atoms in total. The van der Waals surface area contributed by atoms with Gasteiger partial charge in [0, 0.05) is 43.7 Å². The molecule has 2 aliphatic rings. The molecular weight excluding hydrogens is 498 g/mol. The summed E-state index contributed by atoms with van der Waals surface area (Å²) in [6, 6.07) is 12.1. The molecule has 0 aliphatic carbocycles. The molecule has 3 heterocycles. The summed E-state index contributed by atoms with van der Waals surface area (Å²) in [5.41, 5.74) is 3.29. The van der Waals surface area contributed by atoms with E-state index in [2.05, 4.69) is 20.6 Å². The lowest BCUT2D eigenvalue weighted by Crippen LogP contribution is -2.58. The van der Waals surface area contributed by atoms with E-state index in [4.69, 9.17) is 14.2 Å². The quantitative estimate of drug-likeness (QED) is 0.407. The number of aromatic amines is 1. The van der Waals surface area contributed by atoms with Gasteiger partial charge in [-0.2, -0.15) is 0 Å². The first-order valence-electron chi connectivity index (χ1n) is 13.2. The lowest BCUT2D eigenvalue weighted by Gasteiger charge is -2.44. The van der Waals surface area contributed by atoms with E-state index in [-0.39, 0.29) is 11.4 Å². The summed E-state index contributed by atoms with van der Waals surface area (Å²) in [5.74, 6) is 0.630. The molecule has 3 N–H and O–H groups in total. The first-order valence-corrected chi connectivity index (χ1v) is 13.2. The van der Waals surface area contributed by atoms with Crippen LogP contribution in [0.2, 0.25) is 0 Å². The number of fused-ring (bicyclic) bond motifs is 2. The zero-order chi connectivity index (χ0) is 27.4. The Morgan fingerprint density at radius 1 is 1.05 bits per heavy atom. The second-order valence-corrected chi connectivity index (χ2v) is 9.94. The first-order chi connectivity index (χ1) is 19.0. The zero-order valence-corrected chi connectivity index (χ0v) is 22.6. The number of nitrogens with zero attached hydrogens (tertiary/aromatic N) is 2. The number of ether oxygens (including phenoxy) is 3. The van der Waals surface area contributed by atoms with Gasteiger partial charge >= 0.3 is 0 Å². The van der Waals surface area contributed by atoms with Crippen LogP contribution >= 0.6 is 0 Å². The molecule has 10 heteroatoms. The minimum Gasteiger partial charge on any atom is -0.493 e. The number of aromatic nitrogens is 2. The Labute approximate surface area is 228 Å². The standard InChI is InChI=1S/C29H35N5O5/c1-37-23-16-20(17-24(38-2)25(23)39-3)27(35)33-22(15-19-7-5-4-6-8-19)28(36)34-13-10-29(11-14-34)26-21(9-12-32-29)30-18-31-26/h4-8,16-18,22,32H,9-15H2,1-3H3,(H,30,31)(H,33,35). The van der Waals surface area contributed by atoms with E-state index in [1.807, 2.05) is 35.2 Å². The van der Waals surface area contributed by atoms with Crippen molar-refractivity contribution in [3.8, 4) is 17.2 Å². The Morgan fingerprint density at radius 3 is 2.38 bits per heavy atom. The number of benzene rings is 2. The van der Waals surface area contributed by atoms with Crippen molar-refractivity contribution >= 4 is 11.8 Å². The van der Waals surface area contributed by atoms with Crippen LogP contribution in [0.5, 0.6) is 17.2 Å². The molecule has 2 aromatic carbocycles. The average Bonchev–Trinajstić information content (AvgIpc) is 3.47. The van der Waals surface area contributed by atoms with Crippen molar-refractivity contribution in [1.29, 1.82) is 0 Å². The number of carbonyl (C=O) groups excluding carboxylic acids is 2. The van der Waals surface area contributed by atoms with Crippen LogP contribution in [0.1, 0.15) is 40.2 Å². The van der Waals surface area contributed by atoms with E-state index >= 15 is 0 Å². The smallest absolute Gasteiger partial charge is 0.252 e. The van der Waals surface area contributed by atoms with Crippen molar-refractivity contribution in [3.63, 3.8) is 0 Å². The van der Waals surface area contributed by atoms with Gasteiger partial charge in [0.15, 0.2) is 11.5 Å². The molecule has 2 aliphatic heterocycles. The SMILES string of the molecule is COc1cc(C(=O)NC(Cc2ccccc2)C(=O)N2CCC3(CC2)NCCc2[nH]cnc23)cc(OC)c1OC. The number of piperidine rings is 1. The number of hydrogen-bond donors (Lipinski definition) is 3. The molecule has 1 saturated heterocycles. The van der Waals surface area contributed by atoms with Gasteiger partial charge in [-0.25, -0.2) is 4.98 Å². The van der Waals surface area contributed by atoms with Crippen LogP contribution in [0.25, 0.3) is 0 Å². The van der Waals surface area contributed by atoms with Crippen LogP contribution in [0.3, 0.4) is 0 Å². The highest BCUT2D eigenvalue weighted by molar-refractivity contribution is 5.98. The maximum atomic E-state index is 13.9. The summed E-state index contributed by atoms with van der Waals surface area (Å²) >= 11 is 0. The van der Waals surface area contributed by atoms with Gasteiger partial charge in [-0.1, -0.05) is 30.3 Å². The second-order valence-electron chi connectivity index (χ2n) is 9.94. The van der Waals surface area contributed by atoms with Gasteiger partial charge in [0.1, 0.15) is 6.04 Å². The van der Waals surface area contributed by atoms with Crippen molar-refractivity contribution < 1.29 is 23.8 Å². The van der Waals surface area contributed by atoms with Gasteiger partial charge in [-0.15, -0.1) is 0 Å². The predicted octanol–water partition coefficient (Wildman–Crippen LogP) is 2.44. The lowest BCUT2D eigenvalue weighted by atomic mass is 9.80. The number of hydrogen-bond acceptors (Lipinski definition) is 7. The molecule has 1 atom stereocenters. The van der Waals surface area contributed by atoms with Crippen molar-refractivity contribution in [2.24, 2.45) is 0 Å². The van der Waals surface area contributed by atoms with Crippen LogP contribution < -0.4 is 24.8 Å². The molecule has 3 aromatic rings. The molecule has 1 spiro atoms. The Bertz CT molecular complexity index is 1290. The molecule has 1 aromatic heterocycles. The largest absolute Gasteiger partial charge is 0.493 e. The third kappa shape index (κ3) is 5.29. The summed E-state index contributed by atoms with van der Waals surface area (Å²) in [6.07, 6.45) is 4.57. The van der Waals surface area contributed by atoms with E-state index in [1.165, 1.54) is 27.0 Å². The number of methoxy groups -OCH3 is 3. The van der Waals surface area contributed by atoms with Gasteiger partial charge in [0.2, 0.25) is 11.7 Å². The molecule has 1 unspecified atom stereocenters. The lowest BCUT2D eigenvalue weighted by molar-refractivity contribution is -0.135. The molecule has 39 heavy (non-hydrogen) atoms. The number of likely N-dealkylation sites (tertiary alicyclic amines) is 1. The average molecular weight is 534 g/mol. The number of amides is 2. The fourth-order valence-corrected chi connectivity index (χ4v) is 5.68. The van der Waals surface area contributed by atoms with Crippen molar-refractivity contribution in [2.45, 2.75) is 37.3 Å². The molecule has 1 fully saturated rings. The first kappa shape index (κ1) is 26.6. The second kappa shape index (κ2) is 11.4. The molecule has 0 saturated carbocycles. The normalized spacial score (nSPS) is 16.7. The minimum atomic E-state index is -0.742. The third-order valence-corrected chi connectivity index (χ3v) is 7.75. The minimum absolute atomic E-state index is 0.104. The van der Waals surface area contributed by atoms with Gasteiger partial charge in [0.05, 0.1) is 38.9 Å². The van der Waals surface area contributed by atoms with Gasteiger partial charge in [-0.05, 0) is 30.5 Å². The van der Waals surface area contributed by atoms with Crippen LogP contribution in [-0.4, -0.2) is 73.7 Å². The van der Waals surface area contributed by atoms with Crippen molar-refractivity contribution in [2.75, 3.05) is 41.0 Å². The van der Waals surface area contributed by atoms with Crippen LogP contribution in [0.4, 0.5) is 0 Å². The number of rotatable bonds is 8.